The van der Waals surface area contributed by atoms with Gasteiger partial charge in [0, 0.05) is 37.6 Å². The number of aliphatic hydroxyl groups excluding tert-OH is 1. The number of rotatable bonds is 17. The summed E-state index contributed by atoms with van der Waals surface area (Å²) in [6.07, 6.45) is 8.48. The molecule has 2 aromatic carbocycles. The maximum atomic E-state index is 15.1. The van der Waals surface area contributed by atoms with Gasteiger partial charge in [-0.3, -0.25) is 14.4 Å². The molecule has 288 valence electrons. The quantitative estimate of drug-likeness (QED) is 0.144. The van der Waals surface area contributed by atoms with Gasteiger partial charge in [-0.25, -0.2) is 13.8 Å². The largest absolute Gasteiger partial charge is 0.387 e. The Bertz CT molecular complexity index is 1770. The van der Waals surface area contributed by atoms with E-state index in [0.29, 0.717) is 30.4 Å². The van der Waals surface area contributed by atoms with Crippen LogP contribution >= 0.6 is 0 Å². The van der Waals surface area contributed by atoms with E-state index in [1.165, 1.54) is 4.90 Å². The van der Waals surface area contributed by atoms with Crippen LogP contribution in [0.5, 0.6) is 0 Å². The monoisotopic (exact) mass is 735 g/mol. The van der Waals surface area contributed by atoms with Crippen LogP contribution in [0.25, 0.3) is 11.3 Å². The molecule has 1 aliphatic rings. The number of halogens is 2. The van der Waals surface area contributed by atoms with E-state index in [9.17, 15) is 23.9 Å². The third kappa shape index (κ3) is 11.0. The molecular weight excluding hydrogens is 680 g/mol. The van der Waals surface area contributed by atoms with Gasteiger partial charge in [0.2, 0.25) is 17.7 Å². The van der Waals surface area contributed by atoms with Gasteiger partial charge in [-0.15, -0.1) is 0 Å². The lowest BCUT2D eigenvalue weighted by Gasteiger charge is -2.40. The van der Waals surface area contributed by atoms with Gasteiger partial charge in [-0.2, -0.15) is 0 Å². The maximum absolute atomic E-state index is 15.1. The van der Waals surface area contributed by atoms with E-state index in [1.54, 1.807) is 35.9 Å². The number of aliphatic hydroxyl groups is 1. The van der Waals surface area contributed by atoms with Crippen molar-refractivity contribution < 1.29 is 28.3 Å². The average molecular weight is 736 g/mol. The zero-order valence-electron chi connectivity index (χ0n) is 31.9. The van der Waals surface area contributed by atoms with Crippen LogP contribution in [0.3, 0.4) is 0 Å². The van der Waals surface area contributed by atoms with E-state index >= 15 is 4.39 Å². The first-order chi connectivity index (χ1) is 25.0. The van der Waals surface area contributed by atoms with Crippen LogP contribution in [0.15, 0.2) is 60.9 Å². The molecule has 0 radical (unpaired) electrons. The fourth-order valence-electron chi connectivity index (χ4n) is 6.50. The summed E-state index contributed by atoms with van der Waals surface area (Å²) in [5.74, 6) is -1.47. The van der Waals surface area contributed by atoms with Crippen LogP contribution in [0, 0.1) is 28.9 Å². The lowest BCUT2D eigenvalue weighted by molar-refractivity contribution is -0.139. The molecule has 5 N–H and O–H groups in total. The Morgan fingerprint density at radius 2 is 1.81 bits per heavy atom. The molecule has 3 aromatic rings. The van der Waals surface area contributed by atoms with Crippen molar-refractivity contribution in [3.05, 3.63) is 84.0 Å². The van der Waals surface area contributed by atoms with Crippen molar-refractivity contribution >= 4 is 23.4 Å². The number of likely N-dealkylation sites (N-methyl/N-ethyl adjacent to an activating group) is 1. The zero-order valence-corrected chi connectivity index (χ0v) is 31.9. The lowest BCUT2D eigenvalue weighted by atomic mass is 9.84. The van der Waals surface area contributed by atoms with E-state index in [1.807, 2.05) is 58.8 Å². The van der Waals surface area contributed by atoms with Crippen LogP contribution in [-0.4, -0.2) is 81.0 Å². The van der Waals surface area contributed by atoms with E-state index in [2.05, 4.69) is 16.7 Å². The number of allylic oxidation sites excluding steroid dienone is 1. The van der Waals surface area contributed by atoms with Gasteiger partial charge in [-0.05, 0) is 92.1 Å². The molecule has 0 aliphatic heterocycles. The maximum Gasteiger partial charge on any atom is 0.248 e. The summed E-state index contributed by atoms with van der Waals surface area (Å²) in [7, 11) is 1.87. The number of nitrogens with one attached hydrogen (secondary N) is 2. The predicted molar refractivity (Wildman–Crippen MR) is 202 cm³/mol. The van der Waals surface area contributed by atoms with Crippen molar-refractivity contribution in [2.75, 3.05) is 32.1 Å². The van der Waals surface area contributed by atoms with Gasteiger partial charge in [0.1, 0.15) is 36.1 Å². The number of carbonyl (C=O) groups is 3. The predicted octanol–water partition coefficient (Wildman–Crippen LogP) is 5.46. The zero-order chi connectivity index (χ0) is 39.0. The van der Waals surface area contributed by atoms with Gasteiger partial charge >= 0.3 is 0 Å². The van der Waals surface area contributed by atoms with Crippen molar-refractivity contribution in [3.8, 4) is 11.3 Å². The highest BCUT2D eigenvalue weighted by atomic mass is 19.1. The van der Waals surface area contributed by atoms with Gasteiger partial charge in [0.15, 0.2) is 0 Å². The minimum atomic E-state index is -0.826. The van der Waals surface area contributed by atoms with Crippen molar-refractivity contribution in [2.45, 2.75) is 85.5 Å². The SMILES string of the molecule is CC(C)[C@@H](C(=O)N[C@@H](C)C(=O)Nc1cccc(Cn2cc(-c3cc(F)ccc3F)nc2[C@H](N(CCCN)C(=O)CO)C(C)(C)C)c1)N(C)/C=C\C1CC1. The normalized spacial score (nSPS) is 14.9. The summed E-state index contributed by atoms with van der Waals surface area (Å²) in [5.41, 5.74) is 6.55. The number of benzene rings is 2. The van der Waals surface area contributed by atoms with Crippen molar-refractivity contribution in [1.29, 1.82) is 0 Å². The van der Waals surface area contributed by atoms with Crippen molar-refractivity contribution in [3.63, 3.8) is 0 Å². The van der Waals surface area contributed by atoms with Gasteiger partial charge in [-0.1, -0.05) is 52.8 Å². The van der Waals surface area contributed by atoms with Crippen LogP contribution in [0.2, 0.25) is 0 Å². The minimum absolute atomic E-state index is 0.00849. The molecule has 0 saturated heterocycles. The Labute approximate surface area is 311 Å². The highest BCUT2D eigenvalue weighted by Gasteiger charge is 2.38. The van der Waals surface area contributed by atoms with Crippen molar-refractivity contribution in [1.82, 2.24) is 24.7 Å². The van der Waals surface area contributed by atoms with Crippen LogP contribution in [-0.2, 0) is 20.9 Å². The molecule has 0 unspecified atom stereocenters. The summed E-state index contributed by atoms with van der Waals surface area (Å²) in [6, 6.07) is 8.32. The number of anilines is 1. The Morgan fingerprint density at radius 1 is 1.09 bits per heavy atom. The molecule has 0 bridgehead atoms. The van der Waals surface area contributed by atoms with Gasteiger partial charge < -0.3 is 35.8 Å². The molecule has 1 saturated carbocycles. The summed E-state index contributed by atoms with van der Waals surface area (Å²) >= 11 is 0. The third-order valence-corrected chi connectivity index (χ3v) is 9.30. The number of nitrogens with zero attached hydrogens (tertiary/aromatic N) is 4. The number of hydrogen-bond acceptors (Lipinski definition) is 7. The molecule has 0 spiro atoms. The summed E-state index contributed by atoms with van der Waals surface area (Å²) in [4.78, 5) is 48.1. The number of carbonyl (C=O) groups excluding carboxylic acids is 3. The summed E-state index contributed by atoms with van der Waals surface area (Å²) in [5, 5.41) is 15.7. The van der Waals surface area contributed by atoms with Crippen molar-refractivity contribution in [2.24, 2.45) is 23.0 Å². The smallest absolute Gasteiger partial charge is 0.248 e. The first kappa shape index (κ1) is 41.1. The van der Waals surface area contributed by atoms with Crippen LogP contribution in [0.4, 0.5) is 14.5 Å². The molecule has 3 amide bonds. The molecule has 53 heavy (non-hydrogen) atoms. The Morgan fingerprint density at radius 3 is 2.43 bits per heavy atom. The first-order valence-electron chi connectivity index (χ1n) is 18.3. The second-order valence-corrected chi connectivity index (χ2v) is 15.3. The van der Waals surface area contributed by atoms with E-state index in [0.717, 1.165) is 36.6 Å². The molecule has 1 aromatic heterocycles. The Hall–Kier alpha value is -4.62. The second kappa shape index (κ2) is 17.9. The van der Waals surface area contributed by atoms with E-state index in [4.69, 9.17) is 10.7 Å². The number of nitrogens with two attached hydrogens (primary N) is 1. The summed E-state index contributed by atoms with van der Waals surface area (Å²) < 4.78 is 31.2. The molecule has 1 aliphatic carbocycles. The molecule has 3 atom stereocenters. The molecule has 4 rings (SSSR count). The fraction of sp³-hybridized carbons (Fsp3) is 0.500. The van der Waals surface area contributed by atoms with Crippen LogP contribution in [0.1, 0.15) is 78.2 Å². The number of amides is 3. The van der Waals surface area contributed by atoms with Crippen LogP contribution < -0.4 is 16.4 Å². The second-order valence-electron chi connectivity index (χ2n) is 15.3. The number of aromatic nitrogens is 2. The molecule has 11 nitrogen and oxygen atoms in total. The third-order valence-electron chi connectivity index (χ3n) is 9.30. The first-order valence-corrected chi connectivity index (χ1v) is 18.3. The Balaban J connectivity index is 1.62. The minimum Gasteiger partial charge on any atom is -0.387 e. The molecule has 1 fully saturated rings. The Kier molecular flexibility index (Phi) is 13.9. The van der Waals surface area contributed by atoms with E-state index < -0.39 is 53.6 Å². The number of imidazole rings is 1. The summed E-state index contributed by atoms with van der Waals surface area (Å²) in [6.45, 7) is 11.4. The average Bonchev–Trinajstić information content (AvgIpc) is 3.84. The standard InChI is InChI=1S/C40H55F2N7O4/c1-25(2)35(47(7)19-16-27-12-13-27)39(53)44-26(3)38(52)45-30-11-8-10-28(20-30)22-48-23-33(31-21-29(41)14-15-32(31)42)46-37(48)36(40(4,5)6)49(18-9-17-43)34(51)24-50/h8,10-11,14-16,19-21,23,25-27,35-36,50H,9,12-13,17-18,22,24,43H2,1-7H3,(H,44,53)(H,45,52)/b19-16-/t26-,35-,36-/m0/s1. The highest BCUT2D eigenvalue weighted by Crippen LogP contribution is 2.39. The van der Waals surface area contributed by atoms with Gasteiger partial charge in [0.25, 0.3) is 0 Å². The molecule has 13 heteroatoms. The highest BCUT2D eigenvalue weighted by molar-refractivity contribution is 5.97. The lowest BCUT2D eigenvalue weighted by Crippen LogP contribution is -2.51. The topological polar surface area (TPSA) is 146 Å². The fourth-order valence-corrected chi connectivity index (χ4v) is 6.50. The molecular formula is C40H55F2N7O4. The van der Waals surface area contributed by atoms with Gasteiger partial charge in [0.05, 0.1) is 11.7 Å². The number of hydrogen-bond donors (Lipinski definition) is 4. The molecule has 1 heterocycles. The van der Waals surface area contributed by atoms with E-state index in [-0.39, 0.29) is 36.2 Å².